The van der Waals surface area contributed by atoms with Gasteiger partial charge < -0.3 is 0 Å². The normalized spacial score (nSPS) is 11.7. The Bertz CT molecular complexity index is 285. The Kier molecular flexibility index (Phi) is 3.50. The van der Waals surface area contributed by atoms with Gasteiger partial charge in [-0.1, -0.05) is 17.7 Å². The molecule has 0 saturated heterocycles. The summed E-state index contributed by atoms with van der Waals surface area (Å²) in [6.45, 7) is 0. The van der Waals surface area contributed by atoms with E-state index in [1.807, 2.05) is 0 Å². The lowest BCUT2D eigenvalue weighted by atomic mass is 10.4. The summed E-state index contributed by atoms with van der Waals surface area (Å²) in [5, 5.41) is 0.451. The third-order valence-electron chi connectivity index (χ3n) is 1.20. The molecule has 0 aliphatic carbocycles. The van der Waals surface area contributed by atoms with Crippen molar-refractivity contribution >= 4 is 23.4 Å². The molecule has 5 heteroatoms. The van der Waals surface area contributed by atoms with Crippen LogP contribution in [0.2, 0.25) is 5.02 Å². The Hall–Kier alpha value is -0.350. The van der Waals surface area contributed by atoms with Gasteiger partial charge in [0.1, 0.15) is 0 Å². The van der Waals surface area contributed by atoms with Gasteiger partial charge in [0.25, 0.3) is 0 Å². The third-order valence-corrected chi connectivity index (χ3v) is 2.49. The van der Waals surface area contributed by atoms with Crippen LogP contribution in [0, 0.1) is 0 Å². The summed E-state index contributed by atoms with van der Waals surface area (Å²) in [5.74, 6) is -0.882. The van der Waals surface area contributed by atoms with E-state index in [2.05, 4.69) is 0 Å². The number of thioether (sulfide) groups is 1. The van der Waals surface area contributed by atoms with E-state index >= 15 is 0 Å². The second kappa shape index (κ2) is 4.24. The number of rotatable bonds is 2. The zero-order valence-corrected chi connectivity index (χ0v) is 8.01. The lowest BCUT2D eigenvalue weighted by Gasteiger charge is -2.05. The fourth-order valence-corrected chi connectivity index (χ4v) is 1.69. The molecule has 0 aliphatic heterocycles. The number of hydrogen-bond donors (Lipinski definition) is 0. The summed E-state index contributed by atoms with van der Waals surface area (Å²) < 4.78 is 35.4. The maximum absolute atomic E-state index is 11.8. The van der Waals surface area contributed by atoms with E-state index in [1.54, 1.807) is 18.2 Å². The highest BCUT2D eigenvalue weighted by atomic mass is 35.5. The zero-order chi connectivity index (χ0) is 9.90. The summed E-state index contributed by atoms with van der Waals surface area (Å²) >= 11 is 6.33. The van der Waals surface area contributed by atoms with Crippen molar-refractivity contribution in [3.05, 3.63) is 29.3 Å². The molecule has 0 saturated carbocycles. The van der Waals surface area contributed by atoms with E-state index in [0.717, 1.165) is 11.8 Å². The molecule has 0 spiro atoms. The second-order valence-electron chi connectivity index (χ2n) is 2.36. The van der Waals surface area contributed by atoms with Gasteiger partial charge >= 0.3 is 6.18 Å². The first-order chi connectivity index (χ1) is 5.97. The monoisotopic (exact) mass is 226 g/mol. The molecule has 0 atom stereocenters. The summed E-state index contributed by atoms with van der Waals surface area (Å²) in [6.07, 6.45) is -4.13. The standard InChI is InChI=1S/C8H6ClF3S/c9-6-2-1-3-7(4-6)13-5-8(10,11)12/h1-4H,5H2. The minimum Gasteiger partial charge on any atom is -0.170 e. The fourth-order valence-electron chi connectivity index (χ4n) is 0.722. The number of alkyl halides is 3. The van der Waals surface area contributed by atoms with Crippen LogP contribution in [0.5, 0.6) is 0 Å². The molecule has 0 unspecified atom stereocenters. The van der Waals surface area contributed by atoms with Crippen LogP contribution in [0.15, 0.2) is 29.2 Å². The molecular formula is C8H6ClF3S. The average Bonchev–Trinajstić information content (AvgIpc) is 2.00. The van der Waals surface area contributed by atoms with E-state index in [-0.39, 0.29) is 0 Å². The minimum absolute atomic E-state index is 0.451. The molecule has 0 amide bonds. The van der Waals surface area contributed by atoms with Gasteiger partial charge in [-0.25, -0.2) is 0 Å². The quantitative estimate of drug-likeness (QED) is 0.687. The Morgan fingerprint density at radius 3 is 2.54 bits per heavy atom. The average molecular weight is 227 g/mol. The fraction of sp³-hybridized carbons (Fsp3) is 0.250. The minimum atomic E-state index is -4.13. The lowest BCUT2D eigenvalue weighted by Crippen LogP contribution is -2.10. The van der Waals surface area contributed by atoms with Crippen molar-refractivity contribution in [3.63, 3.8) is 0 Å². The second-order valence-corrected chi connectivity index (χ2v) is 3.85. The molecule has 0 aromatic heterocycles. The van der Waals surface area contributed by atoms with Crippen LogP contribution >= 0.6 is 23.4 Å². The van der Waals surface area contributed by atoms with Gasteiger partial charge in [-0.2, -0.15) is 13.2 Å². The highest BCUT2D eigenvalue weighted by molar-refractivity contribution is 7.99. The predicted octanol–water partition coefficient (Wildman–Crippen LogP) is 3.99. The van der Waals surface area contributed by atoms with Gasteiger partial charge in [0.15, 0.2) is 0 Å². The molecule has 0 N–H and O–H groups in total. The van der Waals surface area contributed by atoms with E-state index in [1.165, 1.54) is 6.07 Å². The Labute approximate surface area is 83.1 Å². The van der Waals surface area contributed by atoms with Crippen LogP contribution in [0.25, 0.3) is 0 Å². The highest BCUT2D eigenvalue weighted by Crippen LogP contribution is 2.28. The summed E-state index contributed by atoms with van der Waals surface area (Å²) in [4.78, 5) is 0.532. The Balaban J connectivity index is 2.55. The van der Waals surface area contributed by atoms with Crippen molar-refractivity contribution in [2.45, 2.75) is 11.1 Å². The van der Waals surface area contributed by atoms with Gasteiger partial charge in [0.05, 0.1) is 5.75 Å². The molecule has 0 fully saturated rings. The summed E-state index contributed by atoms with van der Waals surface area (Å²) in [7, 11) is 0. The van der Waals surface area contributed by atoms with E-state index in [4.69, 9.17) is 11.6 Å². The Morgan fingerprint density at radius 1 is 1.31 bits per heavy atom. The van der Waals surface area contributed by atoms with Gasteiger partial charge in [-0.15, -0.1) is 11.8 Å². The van der Waals surface area contributed by atoms with Crippen molar-refractivity contribution in [2.24, 2.45) is 0 Å². The summed E-state index contributed by atoms with van der Waals surface area (Å²) in [5.41, 5.74) is 0. The van der Waals surface area contributed by atoms with Crippen LogP contribution in [0.3, 0.4) is 0 Å². The largest absolute Gasteiger partial charge is 0.398 e. The first-order valence-corrected chi connectivity index (χ1v) is 4.79. The smallest absolute Gasteiger partial charge is 0.170 e. The van der Waals surface area contributed by atoms with Crippen molar-refractivity contribution < 1.29 is 13.2 Å². The lowest BCUT2D eigenvalue weighted by molar-refractivity contribution is -0.105. The number of halogens is 4. The summed E-state index contributed by atoms with van der Waals surface area (Å²) in [6, 6.07) is 6.36. The van der Waals surface area contributed by atoms with Crippen LogP contribution < -0.4 is 0 Å². The molecule has 13 heavy (non-hydrogen) atoms. The van der Waals surface area contributed by atoms with Gasteiger partial charge in [0, 0.05) is 9.92 Å². The van der Waals surface area contributed by atoms with Crippen molar-refractivity contribution in [2.75, 3.05) is 5.75 Å². The zero-order valence-electron chi connectivity index (χ0n) is 6.44. The molecule has 1 rings (SSSR count). The van der Waals surface area contributed by atoms with E-state index < -0.39 is 11.9 Å². The van der Waals surface area contributed by atoms with Gasteiger partial charge in [0.2, 0.25) is 0 Å². The Morgan fingerprint density at radius 2 is 2.00 bits per heavy atom. The maximum atomic E-state index is 11.8. The topological polar surface area (TPSA) is 0 Å². The van der Waals surface area contributed by atoms with Gasteiger partial charge in [-0.3, -0.25) is 0 Å². The van der Waals surface area contributed by atoms with Crippen LogP contribution in [0.1, 0.15) is 0 Å². The van der Waals surface area contributed by atoms with Crippen molar-refractivity contribution in [3.8, 4) is 0 Å². The molecular weight excluding hydrogens is 221 g/mol. The van der Waals surface area contributed by atoms with Gasteiger partial charge in [-0.05, 0) is 18.2 Å². The molecule has 1 aromatic rings. The SMILES string of the molecule is FC(F)(F)CSc1cccc(Cl)c1. The first kappa shape index (κ1) is 10.7. The first-order valence-electron chi connectivity index (χ1n) is 3.42. The molecule has 1 aromatic carbocycles. The third kappa shape index (κ3) is 4.43. The van der Waals surface area contributed by atoms with Crippen molar-refractivity contribution in [1.29, 1.82) is 0 Å². The molecule has 0 radical (unpaired) electrons. The maximum Gasteiger partial charge on any atom is 0.398 e. The van der Waals surface area contributed by atoms with E-state index in [0.29, 0.717) is 9.92 Å². The molecule has 72 valence electrons. The number of benzene rings is 1. The van der Waals surface area contributed by atoms with Crippen molar-refractivity contribution in [1.82, 2.24) is 0 Å². The number of hydrogen-bond acceptors (Lipinski definition) is 1. The molecule has 0 nitrogen and oxygen atoms in total. The van der Waals surface area contributed by atoms with Crippen LogP contribution in [-0.4, -0.2) is 11.9 Å². The molecule has 0 aliphatic rings. The molecule has 0 heterocycles. The molecule has 0 bridgehead atoms. The highest BCUT2D eigenvalue weighted by Gasteiger charge is 2.27. The van der Waals surface area contributed by atoms with E-state index in [9.17, 15) is 13.2 Å². The predicted molar refractivity (Wildman–Crippen MR) is 48.2 cm³/mol. The van der Waals surface area contributed by atoms with Crippen LogP contribution in [-0.2, 0) is 0 Å². The van der Waals surface area contributed by atoms with Crippen LogP contribution in [0.4, 0.5) is 13.2 Å².